The normalized spacial score (nSPS) is 10.9. The maximum Gasteiger partial charge on any atom is 0.418 e. The molecule has 0 aromatic rings. The summed E-state index contributed by atoms with van der Waals surface area (Å²) in [5.41, 5.74) is 0. The van der Waals surface area contributed by atoms with Crippen LogP contribution in [0.4, 0.5) is 0 Å². The molecule has 0 saturated carbocycles. The fraction of sp³-hybridized carbons (Fsp3) is 0.500. The first-order chi connectivity index (χ1) is 4.35. The highest BCUT2D eigenvalue weighted by Gasteiger charge is 1.99. The second-order valence-electron chi connectivity index (χ2n) is 1.34. The molecular weight excluding hydrogens is 184 g/mol. The molecule has 0 aliphatic rings. The van der Waals surface area contributed by atoms with Crippen molar-refractivity contribution in [1.29, 1.82) is 0 Å². The van der Waals surface area contributed by atoms with Crippen LogP contribution in [0.3, 0.4) is 0 Å². The number of ether oxygens (including phenoxy) is 1. The van der Waals surface area contributed by atoms with E-state index >= 15 is 0 Å². The van der Waals surface area contributed by atoms with E-state index in [2.05, 4.69) is 31.4 Å². The summed E-state index contributed by atoms with van der Waals surface area (Å²) in [5.74, 6) is 2.62. The largest absolute Gasteiger partial charge is 0.441 e. The van der Waals surface area contributed by atoms with Crippen LogP contribution in [-0.2, 0) is 9.53 Å². The Bertz CT molecular complexity index is 134. The Balaban J connectivity index is 3.62. The van der Waals surface area contributed by atoms with E-state index in [9.17, 15) is 4.79 Å². The lowest BCUT2D eigenvalue weighted by Crippen LogP contribution is -2.06. The number of hydrogen-bond donors (Lipinski definition) is 0. The Morgan fingerprint density at radius 3 is 2.78 bits per heavy atom. The third-order valence-corrected chi connectivity index (χ3v) is 1.01. The number of carbonyl (C=O) groups excluding carboxylic acids is 1. The van der Waals surface area contributed by atoms with E-state index in [4.69, 9.17) is 0 Å². The molecule has 3 heteroatoms. The van der Waals surface area contributed by atoms with Gasteiger partial charge >= 0.3 is 6.47 Å². The van der Waals surface area contributed by atoms with Crippen LogP contribution in [0.25, 0.3) is 0 Å². The summed E-state index contributed by atoms with van der Waals surface area (Å²) in [5, 5.41) is 0. The fourth-order valence-electron chi connectivity index (χ4n) is 0.334. The Hall–Kier alpha value is -0.490. The molecule has 1 atom stereocenters. The Labute approximate surface area is 62.7 Å². The van der Waals surface area contributed by atoms with Gasteiger partial charge in [0.05, 0.1) is 0 Å². The maximum absolute atomic E-state index is 9.62. The molecule has 0 amide bonds. The zero-order valence-electron chi connectivity index (χ0n) is 4.98. The molecule has 0 aromatic heterocycles. The highest BCUT2D eigenvalue weighted by Crippen LogP contribution is 1.93. The van der Waals surface area contributed by atoms with Crippen LogP contribution < -0.4 is 0 Å². The van der Waals surface area contributed by atoms with Crippen LogP contribution >= 0.6 is 15.9 Å². The molecule has 1 radical (unpaired) electrons. The fourth-order valence-corrected chi connectivity index (χ4v) is 0.589. The van der Waals surface area contributed by atoms with Crippen molar-refractivity contribution < 1.29 is 9.53 Å². The van der Waals surface area contributed by atoms with E-state index in [1.165, 1.54) is 6.47 Å². The first kappa shape index (κ1) is 8.51. The summed E-state index contributed by atoms with van der Waals surface area (Å²) in [6, 6.07) is 0. The second kappa shape index (κ2) is 5.64. The highest BCUT2D eigenvalue weighted by molar-refractivity contribution is 9.12. The van der Waals surface area contributed by atoms with Gasteiger partial charge in [0.25, 0.3) is 0 Å². The topological polar surface area (TPSA) is 26.3 Å². The first-order valence-corrected chi connectivity index (χ1v) is 3.28. The van der Waals surface area contributed by atoms with Gasteiger partial charge in [-0.3, -0.25) is 0 Å². The summed E-state index contributed by atoms with van der Waals surface area (Å²) in [6.07, 6.45) is 0.371. The summed E-state index contributed by atoms with van der Waals surface area (Å²) in [6.45, 7) is 3.20. The van der Waals surface area contributed by atoms with Gasteiger partial charge in [-0.05, 0) is 17.2 Å². The predicted molar refractivity (Wildman–Crippen MR) is 37.6 cm³/mol. The van der Waals surface area contributed by atoms with Gasteiger partial charge < -0.3 is 4.74 Å². The minimum absolute atomic E-state index is 0.318. The van der Waals surface area contributed by atoms with Crippen LogP contribution in [0.15, 0.2) is 0 Å². The number of rotatable bonds is 3. The van der Waals surface area contributed by atoms with Gasteiger partial charge in [-0.15, -0.1) is 0 Å². The van der Waals surface area contributed by atoms with Crippen molar-refractivity contribution in [3.8, 4) is 10.8 Å². The molecule has 9 heavy (non-hydrogen) atoms. The third-order valence-electron chi connectivity index (χ3n) is 0.777. The van der Waals surface area contributed by atoms with Gasteiger partial charge in [0.1, 0.15) is 0 Å². The Kier molecular flexibility index (Phi) is 5.34. The lowest BCUT2D eigenvalue weighted by Gasteiger charge is -2.00. The Morgan fingerprint density at radius 1 is 1.78 bits per heavy atom. The molecule has 0 fully saturated rings. The zero-order valence-corrected chi connectivity index (χ0v) is 6.56. The zero-order chi connectivity index (χ0) is 7.11. The van der Waals surface area contributed by atoms with Gasteiger partial charge in [-0.1, -0.05) is 6.92 Å². The third kappa shape index (κ3) is 4.04. The van der Waals surface area contributed by atoms with E-state index in [1.807, 2.05) is 6.92 Å². The van der Waals surface area contributed by atoms with E-state index in [-0.39, 0.29) is 6.10 Å². The summed E-state index contributed by atoms with van der Waals surface area (Å²) >= 11 is 2.89. The molecule has 0 aromatic carbocycles. The minimum atomic E-state index is -0.318. The molecule has 0 heterocycles. The van der Waals surface area contributed by atoms with Crippen molar-refractivity contribution in [3.05, 3.63) is 0 Å². The van der Waals surface area contributed by atoms with Crippen molar-refractivity contribution in [2.45, 2.75) is 19.4 Å². The minimum Gasteiger partial charge on any atom is -0.441 e. The average Bonchev–Trinajstić information content (AvgIpc) is 1.88. The molecule has 0 N–H and O–H groups in total. The smallest absolute Gasteiger partial charge is 0.418 e. The van der Waals surface area contributed by atoms with Gasteiger partial charge in [0, 0.05) is 15.9 Å². The lowest BCUT2D eigenvalue weighted by molar-refractivity contribution is 0.223. The molecule has 0 aliphatic heterocycles. The van der Waals surface area contributed by atoms with Crippen molar-refractivity contribution in [2.24, 2.45) is 0 Å². The van der Waals surface area contributed by atoms with Gasteiger partial charge in [0.2, 0.25) is 0 Å². The molecule has 1 unspecified atom stereocenters. The van der Waals surface area contributed by atoms with Gasteiger partial charge in [0.15, 0.2) is 6.10 Å². The highest BCUT2D eigenvalue weighted by atomic mass is 79.9. The van der Waals surface area contributed by atoms with Crippen LogP contribution in [0.2, 0.25) is 0 Å². The second-order valence-corrected chi connectivity index (χ2v) is 1.73. The summed E-state index contributed by atoms with van der Waals surface area (Å²) in [4.78, 5) is 12.1. The van der Waals surface area contributed by atoms with Crippen LogP contribution in [0, 0.1) is 10.8 Å². The molecule has 0 saturated heterocycles. The van der Waals surface area contributed by atoms with Crippen molar-refractivity contribution >= 4 is 22.4 Å². The molecule has 0 bridgehead atoms. The van der Waals surface area contributed by atoms with E-state index in [1.54, 1.807) is 0 Å². The molecule has 2 nitrogen and oxygen atoms in total. The quantitative estimate of drug-likeness (QED) is 0.625. The Morgan fingerprint density at radius 2 is 2.44 bits per heavy atom. The van der Waals surface area contributed by atoms with Gasteiger partial charge in [-0.2, -0.15) is 0 Å². The van der Waals surface area contributed by atoms with E-state index in [0.717, 1.165) is 0 Å². The van der Waals surface area contributed by atoms with Crippen molar-refractivity contribution in [2.75, 3.05) is 0 Å². The van der Waals surface area contributed by atoms with Crippen LogP contribution in [0.5, 0.6) is 0 Å². The SMILES string of the molecule is CCC(C#CBr)O[C]=O. The number of halogens is 1. The molecule has 0 aliphatic carbocycles. The molecule has 0 spiro atoms. The monoisotopic (exact) mass is 189 g/mol. The van der Waals surface area contributed by atoms with Crippen LogP contribution in [0.1, 0.15) is 13.3 Å². The van der Waals surface area contributed by atoms with Crippen molar-refractivity contribution in [1.82, 2.24) is 0 Å². The lowest BCUT2D eigenvalue weighted by atomic mass is 10.3. The predicted octanol–water partition coefficient (Wildman–Crippen LogP) is 1.20. The maximum atomic E-state index is 9.62. The van der Waals surface area contributed by atoms with E-state index in [0.29, 0.717) is 6.42 Å². The molecule has 49 valence electrons. The first-order valence-electron chi connectivity index (χ1n) is 2.49. The average molecular weight is 190 g/mol. The standard InChI is InChI=1S/C6H6BrO2/c1-2-6(3-4-7)9-5-8/h6H,2H2,1H3. The van der Waals surface area contributed by atoms with Crippen molar-refractivity contribution in [3.63, 3.8) is 0 Å². The number of hydrogen-bond acceptors (Lipinski definition) is 2. The van der Waals surface area contributed by atoms with Crippen LogP contribution in [-0.4, -0.2) is 12.6 Å². The summed E-state index contributed by atoms with van der Waals surface area (Å²) in [7, 11) is 0. The molecular formula is C6H6BrO2. The van der Waals surface area contributed by atoms with Gasteiger partial charge in [-0.25, -0.2) is 4.79 Å². The van der Waals surface area contributed by atoms with E-state index < -0.39 is 0 Å². The summed E-state index contributed by atoms with van der Waals surface area (Å²) < 4.78 is 4.42. The molecule has 0 rings (SSSR count).